The van der Waals surface area contributed by atoms with E-state index in [0.717, 1.165) is 4.47 Å². The molecule has 152 valence electrons. The second kappa shape index (κ2) is 10.9. The third-order valence-electron chi connectivity index (χ3n) is 3.46. The summed E-state index contributed by atoms with van der Waals surface area (Å²) in [6, 6.07) is 11.9. The van der Waals surface area contributed by atoms with Gasteiger partial charge in [0.15, 0.2) is 24.7 Å². The van der Waals surface area contributed by atoms with Crippen LogP contribution in [-0.4, -0.2) is 38.1 Å². The van der Waals surface area contributed by atoms with Crippen LogP contribution >= 0.6 is 15.9 Å². The largest absolute Gasteiger partial charge is 0.493 e. The minimum atomic E-state index is -0.680. The number of carbonyl (C=O) groups is 3. The first-order valence-electron chi connectivity index (χ1n) is 8.37. The molecule has 3 N–H and O–H groups in total. The minimum absolute atomic E-state index is 0.278. The summed E-state index contributed by atoms with van der Waals surface area (Å²) < 4.78 is 16.1. The maximum absolute atomic E-state index is 11.9. The average molecular weight is 463 g/mol. The Bertz CT molecular complexity index is 929. The highest BCUT2D eigenvalue weighted by Crippen LogP contribution is 2.28. The van der Waals surface area contributed by atoms with Crippen LogP contribution in [0.3, 0.4) is 0 Å². The van der Waals surface area contributed by atoms with Gasteiger partial charge in [0.05, 0.1) is 12.8 Å². The molecule has 0 aliphatic heterocycles. The third kappa shape index (κ3) is 7.30. The second-order valence-corrected chi connectivity index (χ2v) is 6.49. The average Bonchev–Trinajstić information content (AvgIpc) is 2.71. The molecule has 0 saturated carbocycles. The van der Waals surface area contributed by atoms with E-state index in [0.29, 0.717) is 22.7 Å². The standard InChI is InChI=1S/C20H19BrN2O6/c1-27-17-10-13(6-8-16(17)28-11-18(22)24)7-9-20(26)29-12-19(25)23-15-5-3-2-4-14(15)21/h2-10H,11-12H2,1H3,(H2,22,24)(H,23,25)/b9-7+. The number of ether oxygens (including phenoxy) is 3. The molecule has 9 heteroatoms. The molecule has 0 aromatic heterocycles. The Morgan fingerprint density at radius 3 is 2.55 bits per heavy atom. The topological polar surface area (TPSA) is 117 Å². The normalized spacial score (nSPS) is 10.4. The molecule has 0 unspecified atom stereocenters. The van der Waals surface area contributed by atoms with Crippen LogP contribution in [0.5, 0.6) is 11.5 Å². The zero-order valence-corrected chi connectivity index (χ0v) is 17.1. The van der Waals surface area contributed by atoms with Gasteiger partial charge in [-0.2, -0.15) is 0 Å². The SMILES string of the molecule is COc1cc(/C=C/C(=O)OCC(=O)Nc2ccccc2Br)ccc1OCC(N)=O. The van der Waals surface area contributed by atoms with Crippen LogP contribution in [0.25, 0.3) is 6.08 Å². The molecule has 8 nitrogen and oxygen atoms in total. The lowest BCUT2D eigenvalue weighted by molar-refractivity contribution is -0.142. The van der Waals surface area contributed by atoms with Crippen LogP contribution in [-0.2, 0) is 19.1 Å². The fraction of sp³-hybridized carbons (Fsp3) is 0.150. The van der Waals surface area contributed by atoms with Crippen molar-refractivity contribution in [2.75, 3.05) is 25.6 Å². The molecule has 0 spiro atoms. The van der Waals surface area contributed by atoms with Crippen LogP contribution in [0.4, 0.5) is 5.69 Å². The predicted octanol–water partition coefficient (Wildman–Crippen LogP) is 2.52. The van der Waals surface area contributed by atoms with Crippen molar-refractivity contribution in [2.24, 2.45) is 5.73 Å². The van der Waals surface area contributed by atoms with Crippen molar-refractivity contribution in [3.63, 3.8) is 0 Å². The molecule has 0 heterocycles. The molecule has 0 aliphatic carbocycles. The van der Waals surface area contributed by atoms with E-state index in [9.17, 15) is 14.4 Å². The summed E-state index contributed by atoms with van der Waals surface area (Å²) in [5.74, 6) is -1.04. The maximum Gasteiger partial charge on any atom is 0.331 e. The highest BCUT2D eigenvalue weighted by molar-refractivity contribution is 9.10. The van der Waals surface area contributed by atoms with Gasteiger partial charge in [-0.25, -0.2) is 4.79 Å². The Labute approximate surface area is 175 Å². The number of nitrogens with one attached hydrogen (secondary N) is 1. The minimum Gasteiger partial charge on any atom is -0.493 e. The van der Waals surface area contributed by atoms with Gasteiger partial charge in [-0.3, -0.25) is 9.59 Å². The van der Waals surface area contributed by atoms with E-state index in [1.54, 1.807) is 36.4 Å². The van der Waals surface area contributed by atoms with Gasteiger partial charge in [0.25, 0.3) is 11.8 Å². The first kappa shape index (κ1) is 22.0. The number of hydrogen-bond acceptors (Lipinski definition) is 6. The van der Waals surface area contributed by atoms with Crippen molar-refractivity contribution in [1.29, 1.82) is 0 Å². The molecule has 0 aliphatic rings. The molecule has 0 radical (unpaired) electrons. The molecule has 0 atom stereocenters. The number of primary amides is 1. The lowest BCUT2D eigenvalue weighted by Gasteiger charge is -2.10. The lowest BCUT2D eigenvalue weighted by atomic mass is 10.2. The van der Waals surface area contributed by atoms with Gasteiger partial charge in [0.2, 0.25) is 0 Å². The van der Waals surface area contributed by atoms with Crippen molar-refractivity contribution in [2.45, 2.75) is 0 Å². The number of para-hydroxylation sites is 1. The van der Waals surface area contributed by atoms with Crippen LogP contribution in [0.1, 0.15) is 5.56 Å². The number of esters is 1. The molecule has 0 bridgehead atoms. The van der Waals surface area contributed by atoms with Gasteiger partial charge < -0.3 is 25.3 Å². The van der Waals surface area contributed by atoms with E-state index in [4.69, 9.17) is 19.9 Å². The number of carbonyl (C=O) groups excluding carboxylic acids is 3. The molecule has 2 amide bonds. The quantitative estimate of drug-likeness (QED) is 0.436. The van der Waals surface area contributed by atoms with Crippen LogP contribution in [0.15, 0.2) is 53.0 Å². The van der Waals surface area contributed by atoms with E-state index < -0.39 is 24.4 Å². The zero-order chi connectivity index (χ0) is 21.2. The van der Waals surface area contributed by atoms with E-state index >= 15 is 0 Å². The summed E-state index contributed by atoms with van der Waals surface area (Å²) in [4.78, 5) is 34.5. The zero-order valence-electron chi connectivity index (χ0n) is 15.5. The number of benzene rings is 2. The number of nitrogens with two attached hydrogens (primary N) is 1. The third-order valence-corrected chi connectivity index (χ3v) is 4.15. The second-order valence-electron chi connectivity index (χ2n) is 5.63. The summed E-state index contributed by atoms with van der Waals surface area (Å²) in [6.45, 7) is -0.701. The molecule has 2 rings (SSSR count). The van der Waals surface area contributed by atoms with E-state index in [-0.39, 0.29) is 6.61 Å². The fourth-order valence-electron chi connectivity index (χ4n) is 2.15. The lowest BCUT2D eigenvalue weighted by Crippen LogP contribution is -2.20. The number of anilines is 1. The summed E-state index contributed by atoms with van der Waals surface area (Å²) in [7, 11) is 1.44. The van der Waals surface area contributed by atoms with Gasteiger partial charge >= 0.3 is 5.97 Å². The van der Waals surface area contributed by atoms with Crippen molar-refractivity contribution in [3.05, 3.63) is 58.6 Å². The molecule has 0 fully saturated rings. The Kier molecular flexibility index (Phi) is 8.23. The highest BCUT2D eigenvalue weighted by atomic mass is 79.9. The number of rotatable bonds is 9. The van der Waals surface area contributed by atoms with Gasteiger partial charge in [-0.05, 0) is 51.8 Å². The summed E-state index contributed by atoms with van der Waals surface area (Å²) in [5, 5.41) is 2.63. The van der Waals surface area contributed by atoms with Crippen molar-refractivity contribution in [3.8, 4) is 11.5 Å². The van der Waals surface area contributed by atoms with E-state index in [1.807, 2.05) is 6.07 Å². The number of amides is 2. The van der Waals surface area contributed by atoms with Crippen molar-refractivity contribution >= 4 is 45.5 Å². The Balaban J connectivity index is 1.88. The summed E-state index contributed by atoms with van der Waals surface area (Å²) in [5.41, 5.74) is 6.25. The maximum atomic E-state index is 11.9. The van der Waals surface area contributed by atoms with Gasteiger partial charge in [-0.1, -0.05) is 18.2 Å². The molecule has 0 saturated heterocycles. The predicted molar refractivity (Wildman–Crippen MR) is 110 cm³/mol. The van der Waals surface area contributed by atoms with Gasteiger partial charge in [-0.15, -0.1) is 0 Å². The Morgan fingerprint density at radius 1 is 1.10 bits per heavy atom. The molecule has 2 aromatic carbocycles. The number of methoxy groups -OCH3 is 1. The number of hydrogen-bond donors (Lipinski definition) is 2. The Morgan fingerprint density at radius 2 is 1.86 bits per heavy atom. The van der Waals surface area contributed by atoms with Gasteiger partial charge in [0.1, 0.15) is 0 Å². The first-order chi connectivity index (χ1) is 13.9. The van der Waals surface area contributed by atoms with E-state index in [2.05, 4.69) is 21.2 Å². The smallest absolute Gasteiger partial charge is 0.331 e. The Hall–Kier alpha value is -3.33. The molecule has 2 aromatic rings. The molecule has 29 heavy (non-hydrogen) atoms. The van der Waals surface area contributed by atoms with Crippen LogP contribution in [0, 0.1) is 0 Å². The highest BCUT2D eigenvalue weighted by Gasteiger charge is 2.09. The summed E-state index contributed by atoms with van der Waals surface area (Å²) in [6.07, 6.45) is 2.68. The first-order valence-corrected chi connectivity index (χ1v) is 9.16. The number of halogens is 1. The summed E-state index contributed by atoms with van der Waals surface area (Å²) >= 11 is 3.31. The molecular formula is C20H19BrN2O6. The van der Waals surface area contributed by atoms with E-state index in [1.165, 1.54) is 19.3 Å². The van der Waals surface area contributed by atoms with Crippen LogP contribution < -0.4 is 20.5 Å². The van der Waals surface area contributed by atoms with Crippen molar-refractivity contribution in [1.82, 2.24) is 0 Å². The van der Waals surface area contributed by atoms with Crippen LogP contribution in [0.2, 0.25) is 0 Å². The van der Waals surface area contributed by atoms with Crippen molar-refractivity contribution < 1.29 is 28.6 Å². The molecular weight excluding hydrogens is 444 g/mol. The monoisotopic (exact) mass is 462 g/mol. The van der Waals surface area contributed by atoms with Gasteiger partial charge in [0, 0.05) is 10.5 Å². The fourth-order valence-corrected chi connectivity index (χ4v) is 2.54.